The average molecular weight is 493 g/mol. The fraction of sp³-hybridized carbons (Fsp3) is 0.192. The quantitative estimate of drug-likeness (QED) is 0.433. The van der Waals surface area contributed by atoms with E-state index < -0.39 is 0 Å². The minimum absolute atomic E-state index is 0.0746. The Morgan fingerprint density at radius 2 is 1.69 bits per heavy atom. The minimum Gasteiger partial charge on any atom is -0.497 e. The van der Waals surface area contributed by atoms with Crippen molar-refractivity contribution in [3.05, 3.63) is 99.4 Å². The molecule has 2 atom stereocenters. The highest BCUT2D eigenvalue weighted by molar-refractivity contribution is 9.10. The molecule has 0 unspecified atom stereocenters. The van der Waals surface area contributed by atoms with E-state index in [-0.39, 0.29) is 23.6 Å². The van der Waals surface area contributed by atoms with Crippen LogP contribution in [-0.2, 0) is 4.79 Å². The van der Waals surface area contributed by atoms with Gasteiger partial charge in [0.2, 0.25) is 0 Å². The third-order valence-corrected chi connectivity index (χ3v) is 6.78. The first kappa shape index (κ1) is 20.8. The number of halogens is 2. The largest absolute Gasteiger partial charge is 0.497 e. The van der Waals surface area contributed by atoms with E-state index in [4.69, 9.17) is 4.74 Å². The van der Waals surface area contributed by atoms with Crippen LogP contribution in [0.4, 0.5) is 15.8 Å². The SMILES string of the molecule is COc1ccc([C@@H]2CC(=O)C3=C(C2)Nc2ccccc2N[C@H]3c2ccc(F)c(Br)c2)cc1. The van der Waals surface area contributed by atoms with Gasteiger partial charge in [0.05, 0.1) is 29.0 Å². The summed E-state index contributed by atoms with van der Waals surface area (Å²) in [6.45, 7) is 0. The van der Waals surface area contributed by atoms with E-state index in [0.717, 1.165) is 33.9 Å². The molecule has 0 radical (unpaired) electrons. The summed E-state index contributed by atoms with van der Waals surface area (Å²) in [6, 6.07) is 20.4. The Kier molecular flexibility index (Phi) is 5.47. The Morgan fingerprint density at radius 3 is 2.41 bits per heavy atom. The van der Waals surface area contributed by atoms with E-state index in [2.05, 4.69) is 26.6 Å². The van der Waals surface area contributed by atoms with Gasteiger partial charge in [0.25, 0.3) is 0 Å². The van der Waals surface area contributed by atoms with Gasteiger partial charge in [0, 0.05) is 17.7 Å². The van der Waals surface area contributed by atoms with Gasteiger partial charge in [-0.2, -0.15) is 0 Å². The summed E-state index contributed by atoms with van der Waals surface area (Å²) >= 11 is 3.29. The van der Waals surface area contributed by atoms with E-state index in [1.165, 1.54) is 6.07 Å². The number of fused-ring (bicyclic) bond motifs is 1. The van der Waals surface area contributed by atoms with E-state index in [1.807, 2.05) is 48.5 Å². The maximum absolute atomic E-state index is 13.9. The molecule has 2 N–H and O–H groups in total. The summed E-state index contributed by atoms with van der Waals surface area (Å²) in [5.74, 6) is 0.629. The van der Waals surface area contributed by atoms with E-state index in [9.17, 15) is 9.18 Å². The number of anilines is 2. The fourth-order valence-electron chi connectivity index (χ4n) is 4.55. The number of benzene rings is 3. The summed E-state index contributed by atoms with van der Waals surface area (Å²) in [7, 11) is 1.64. The highest BCUT2D eigenvalue weighted by atomic mass is 79.9. The molecule has 32 heavy (non-hydrogen) atoms. The second kappa shape index (κ2) is 8.43. The van der Waals surface area contributed by atoms with Gasteiger partial charge in [0.15, 0.2) is 5.78 Å². The Labute approximate surface area is 194 Å². The number of allylic oxidation sites excluding steroid dienone is 1. The van der Waals surface area contributed by atoms with Crippen molar-refractivity contribution in [2.24, 2.45) is 0 Å². The molecule has 4 nitrogen and oxygen atoms in total. The van der Waals surface area contributed by atoms with Gasteiger partial charge < -0.3 is 15.4 Å². The van der Waals surface area contributed by atoms with Gasteiger partial charge in [-0.15, -0.1) is 0 Å². The van der Waals surface area contributed by atoms with Crippen LogP contribution in [0.15, 0.2) is 82.5 Å². The van der Waals surface area contributed by atoms with Crippen LogP contribution < -0.4 is 15.4 Å². The van der Waals surface area contributed by atoms with Gasteiger partial charge in [-0.25, -0.2) is 4.39 Å². The number of rotatable bonds is 3. The van der Waals surface area contributed by atoms with Crippen LogP contribution in [0, 0.1) is 5.82 Å². The first-order valence-corrected chi connectivity index (χ1v) is 11.3. The van der Waals surface area contributed by atoms with Crippen molar-refractivity contribution in [1.29, 1.82) is 0 Å². The Morgan fingerprint density at radius 1 is 0.969 bits per heavy atom. The lowest BCUT2D eigenvalue weighted by Gasteiger charge is -2.30. The van der Waals surface area contributed by atoms with Gasteiger partial charge in [-0.3, -0.25) is 4.79 Å². The molecule has 0 saturated carbocycles. The standard InChI is InChI=1S/C26H22BrFN2O2/c1-32-18-9-6-15(7-10-18)17-13-23-25(24(31)14-17)26(16-8-11-20(28)19(27)12-16)30-22-5-3-2-4-21(22)29-23/h2-12,17,26,29-30H,13-14H2,1H3/t17-,26-/m0/s1. The molecule has 0 aromatic heterocycles. The van der Waals surface area contributed by atoms with Crippen molar-refractivity contribution in [3.8, 4) is 5.75 Å². The molecule has 3 aromatic rings. The normalized spacial score (nSPS) is 19.9. The van der Waals surface area contributed by atoms with Crippen molar-refractivity contribution in [2.45, 2.75) is 24.8 Å². The first-order chi connectivity index (χ1) is 15.5. The van der Waals surface area contributed by atoms with Gasteiger partial charge in [0.1, 0.15) is 11.6 Å². The van der Waals surface area contributed by atoms with Crippen LogP contribution in [-0.4, -0.2) is 12.9 Å². The Bertz CT molecular complexity index is 1220. The molecule has 1 aliphatic heterocycles. The van der Waals surface area contributed by atoms with Crippen LogP contribution in [0.5, 0.6) is 5.75 Å². The zero-order valence-corrected chi connectivity index (χ0v) is 19.1. The monoisotopic (exact) mass is 492 g/mol. The lowest BCUT2D eigenvalue weighted by Crippen LogP contribution is -2.26. The molecule has 5 rings (SSSR count). The fourth-order valence-corrected chi connectivity index (χ4v) is 4.94. The van der Waals surface area contributed by atoms with E-state index in [1.54, 1.807) is 19.2 Å². The third kappa shape index (κ3) is 3.79. The molecule has 0 spiro atoms. The number of carbonyl (C=O) groups excluding carboxylic acids is 1. The first-order valence-electron chi connectivity index (χ1n) is 10.5. The molecule has 6 heteroatoms. The number of hydrogen-bond donors (Lipinski definition) is 2. The van der Waals surface area contributed by atoms with E-state index >= 15 is 0 Å². The molecule has 1 aliphatic carbocycles. The summed E-state index contributed by atoms with van der Waals surface area (Å²) in [5, 5.41) is 7.05. The van der Waals surface area contributed by atoms with E-state index in [0.29, 0.717) is 22.9 Å². The van der Waals surface area contributed by atoms with Crippen LogP contribution in [0.1, 0.15) is 35.9 Å². The van der Waals surface area contributed by atoms with Crippen LogP contribution >= 0.6 is 15.9 Å². The Balaban J connectivity index is 1.59. The van der Waals surface area contributed by atoms with Crippen LogP contribution in [0.2, 0.25) is 0 Å². The van der Waals surface area contributed by atoms with Crippen LogP contribution in [0.3, 0.4) is 0 Å². The van der Waals surface area contributed by atoms with Crippen LogP contribution in [0.25, 0.3) is 0 Å². The number of Topliss-reactive ketones (excluding diaryl/α,β-unsaturated/α-hetero) is 1. The number of hydrogen-bond acceptors (Lipinski definition) is 4. The molecule has 2 aliphatic rings. The summed E-state index contributed by atoms with van der Waals surface area (Å²) in [6.07, 6.45) is 1.13. The summed E-state index contributed by atoms with van der Waals surface area (Å²) in [4.78, 5) is 13.5. The number of para-hydroxylation sites is 2. The number of ketones is 1. The molecule has 0 bridgehead atoms. The maximum Gasteiger partial charge on any atom is 0.163 e. The number of carbonyl (C=O) groups is 1. The predicted molar refractivity (Wildman–Crippen MR) is 128 cm³/mol. The number of methoxy groups -OCH3 is 1. The molecular weight excluding hydrogens is 471 g/mol. The molecule has 0 amide bonds. The zero-order chi connectivity index (χ0) is 22.2. The second-order valence-corrected chi connectivity index (χ2v) is 8.97. The van der Waals surface area contributed by atoms with Gasteiger partial charge in [-0.1, -0.05) is 30.3 Å². The third-order valence-electron chi connectivity index (χ3n) is 6.17. The topological polar surface area (TPSA) is 50.4 Å². The van der Waals surface area contributed by atoms with Crippen molar-refractivity contribution < 1.29 is 13.9 Å². The maximum atomic E-state index is 13.9. The molecule has 0 saturated heterocycles. The van der Waals surface area contributed by atoms with Crippen molar-refractivity contribution in [3.63, 3.8) is 0 Å². The highest BCUT2D eigenvalue weighted by Crippen LogP contribution is 2.44. The number of nitrogens with one attached hydrogen (secondary N) is 2. The summed E-state index contributed by atoms with van der Waals surface area (Å²) in [5.41, 5.74) is 5.39. The molecule has 1 heterocycles. The van der Waals surface area contributed by atoms with Crippen molar-refractivity contribution >= 4 is 33.1 Å². The van der Waals surface area contributed by atoms with Crippen molar-refractivity contribution in [2.75, 3.05) is 17.7 Å². The predicted octanol–water partition coefficient (Wildman–Crippen LogP) is 6.58. The molecular formula is C26H22BrFN2O2. The van der Waals surface area contributed by atoms with Gasteiger partial charge in [-0.05, 0) is 75.8 Å². The molecule has 3 aromatic carbocycles. The molecule has 162 valence electrons. The highest BCUT2D eigenvalue weighted by Gasteiger charge is 2.36. The minimum atomic E-state index is -0.373. The average Bonchev–Trinajstić information content (AvgIpc) is 2.98. The zero-order valence-electron chi connectivity index (χ0n) is 17.5. The lowest BCUT2D eigenvalue weighted by atomic mass is 9.78. The Hall–Kier alpha value is -3.12. The smallest absolute Gasteiger partial charge is 0.163 e. The molecule has 0 fully saturated rings. The number of ether oxygens (including phenoxy) is 1. The lowest BCUT2D eigenvalue weighted by molar-refractivity contribution is -0.116. The van der Waals surface area contributed by atoms with Gasteiger partial charge >= 0.3 is 0 Å². The second-order valence-electron chi connectivity index (χ2n) is 8.12. The van der Waals surface area contributed by atoms with Crippen molar-refractivity contribution in [1.82, 2.24) is 0 Å². The summed E-state index contributed by atoms with van der Waals surface area (Å²) < 4.78 is 19.6.